The van der Waals surface area contributed by atoms with Gasteiger partial charge in [-0.05, 0) is 49.3 Å². The Morgan fingerprint density at radius 2 is 2.11 bits per heavy atom. The van der Waals surface area contributed by atoms with Crippen LogP contribution in [0.5, 0.6) is 0 Å². The predicted molar refractivity (Wildman–Crippen MR) is 73.2 cm³/mol. The molecule has 1 aromatic carbocycles. The smallest absolute Gasteiger partial charge is 0.303 e. The van der Waals surface area contributed by atoms with Crippen molar-refractivity contribution in [1.82, 2.24) is 0 Å². The number of carboxylic acid groups (broad SMARTS) is 1. The highest BCUT2D eigenvalue weighted by Crippen LogP contribution is 2.24. The highest BCUT2D eigenvalue weighted by Gasteiger charge is 2.12. The van der Waals surface area contributed by atoms with Crippen molar-refractivity contribution in [2.45, 2.75) is 44.9 Å². The van der Waals surface area contributed by atoms with Gasteiger partial charge in [0.1, 0.15) is 0 Å². The Morgan fingerprint density at radius 1 is 1.26 bits per heavy atom. The van der Waals surface area contributed by atoms with E-state index in [0.29, 0.717) is 12.8 Å². The summed E-state index contributed by atoms with van der Waals surface area (Å²) >= 11 is 0. The number of carboxylic acids is 1. The summed E-state index contributed by atoms with van der Waals surface area (Å²) in [5.74, 6) is -0.641. The molecule has 2 rings (SSSR count). The molecule has 1 aromatic rings. The van der Waals surface area contributed by atoms with Crippen LogP contribution in [0, 0.1) is 0 Å². The Labute approximate surface area is 112 Å². The molecule has 0 saturated carbocycles. The average Bonchev–Trinajstić information content (AvgIpc) is 2.54. The molecule has 0 bridgehead atoms. The summed E-state index contributed by atoms with van der Waals surface area (Å²) in [5, 5.41) is 11.5. The van der Waals surface area contributed by atoms with Crippen LogP contribution in [0.3, 0.4) is 0 Å². The molecule has 0 fully saturated rings. The lowest BCUT2D eigenvalue weighted by Gasteiger charge is -2.09. The van der Waals surface area contributed by atoms with Crippen LogP contribution in [0.1, 0.15) is 43.2 Å². The number of hydrogen-bond donors (Lipinski definition) is 2. The van der Waals surface area contributed by atoms with Gasteiger partial charge in [-0.3, -0.25) is 9.59 Å². The lowest BCUT2D eigenvalue weighted by molar-refractivity contribution is -0.137. The molecule has 102 valence electrons. The Hall–Kier alpha value is -1.84. The van der Waals surface area contributed by atoms with Crippen molar-refractivity contribution in [2.24, 2.45) is 0 Å². The van der Waals surface area contributed by atoms with Crippen molar-refractivity contribution in [1.29, 1.82) is 0 Å². The topological polar surface area (TPSA) is 66.4 Å². The van der Waals surface area contributed by atoms with E-state index in [1.807, 2.05) is 12.1 Å². The van der Waals surface area contributed by atoms with Gasteiger partial charge >= 0.3 is 5.97 Å². The Bertz CT molecular complexity index is 482. The number of anilines is 1. The van der Waals surface area contributed by atoms with E-state index >= 15 is 0 Å². The molecule has 1 aliphatic rings. The zero-order chi connectivity index (χ0) is 13.7. The summed E-state index contributed by atoms with van der Waals surface area (Å²) < 4.78 is 0. The van der Waals surface area contributed by atoms with E-state index < -0.39 is 5.97 Å². The second kappa shape index (κ2) is 6.36. The quantitative estimate of drug-likeness (QED) is 0.801. The lowest BCUT2D eigenvalue weighted by atomic mass is 10.0. The van der Waals surface area contributed by atoms with E-state index in [1.165, 1.54) is 11.1 Å². The molecule has 0 saturated heterocycles. The minimum absolute atomic E-state index is 0.0907. The van der Waals surface area contributed by atoms with Crippen LogP contribution >= 0.6 is 0 Å². The normalized spacial score (nSPS) is 14.4. The van der Waals surface area contributed by atoms with Crippen molar-refractivity contribution in [3.8, 4) is 0 Å². The van der Waals surface area contributed by atoms with Crippen LogP contribution in [-0.2, 0) is 22.4 Å². The molecular formula is C15H19NO3. The van der Waals surface area contributed by atoms with Crippen LogP contribution < -0.4 is 5.32 Å². The predicted octanol–water partition coefficient (Wildman–Crippen LogP) is 2.76. The zero-order valence-electron chi connectivity index (χ0n) is 10.9. The van der Waals surface area contributed by atoms with Gasteiger partial charge in [0.2, 0.25) is 5.91 Å². The van der Waals surface area contributed by atoms with E-state index in [0.717, 1.165) is 31.4 Å². The number of rotatable bonds is 5. The first-order valence-corrected chi connectivity index (χ1v) is 6.78. The standard InChI is InChI=1S/C15H19NO3/c17-14-6-3-5-12-10-11(8-9-13(12)16-14)4-1-2-7-15(18)19/h8-10H,1-7H2,(H,16,17)(H,18,19). The molecule has 19 heavy (non-hydrogen) atoms. The maximum Gasteiger partial charge on any atom is 0.303 e. The van der Waals surface area contributed by atoms with Gasteiger partial charge in [0.05, 0.1) is 0 Å². The molecule has 0 aromatic heterocycles. The van der Waals surface area contributed by atoms with Gasteiger partial charge < -0.3 is 10.4 Å². The number of fused-ring (bicyclic) bond motifs is 1. The first-order valence-electron chi connectivity index (χ1n) is 6.78. The van der Waals surface area contributed by atoms with Crippen molar-refractivity contribution in [2.75, 3.05) is 5.32 Å². The number of nitrogens with one attached hydrogen (secondary N) is 1. The van der Waals surface area contributed by atoms with Gasteiger partial charge in [0, 0.05) is 18.5 Å². The molecule has 0 atom stereocenters. The maximum absolute atomic E-state index is 11.4. The molecular weight excluding hydrogens is 242 g/mol. The van der Waals surface area contributed by atoms with Crippen LogP contribution in [0.15, 0.2) is 18.2 Å². The summed E-state index contributed by atoms with van der Waals surface area (Å²) in [4.78, 5) is 21.9. The average molecular weight is 261 g/mol. The van der Waals surface area contributed by atoms with E-state index in [9.17, 15) is 9.59 Å². The number of carbonyl (C=O) groups excluding carboxylic acids is 1. The fourth-order valence-electron chi connectivity index (χ4n) is 2.39. The number of unbranched alkanes of at least 4 members (excludes halogenated alkanes) is 1. The van der Waals surface area contributed by atoms with Gasteiger partial charge in [-0.15, -0.1) is 0 Å². The van der Waals surface area contributed by atoms with E-state index in [-0.39, 0.29) is 12.3 Å². The van der Waals surface area contributed by atoms with Crippen LogP contribution in [-0.4, -0.2) is 17.0 Å². The Kier molecular flexibility index (Phi) is 4.55. The van der Waals surface area contributed by atoms with Crippen LogP contribution in [0.25, 0.3) is 0 Å². The molecule has 0 aliphatic carbocycles. The van der Waals surface area contributed by atoms with Crippen molar-refractivity contribution in [3.05, 3.63) is 29.3 Å². The first kappa shape index (κ1) is 13.6. The summed E-state index contributed by atoms with van der Waals surface area (Å²) in [6.07, 6.45) is 5.14. The molecule has 4 heteroatoms. The zero-order valence-corrected chi connectivity index (χ0v) is 10.9. The van der Waals surface area contributed by atoms with Crippen LogP contribution in [0.2, 0.25) is 0 Å². The lowest BCUT2D eigenvalue weighted by Crippen LogP contribution is -2.09. The van der Waals surface area contributed by atoms with E-state index in [4.69, 9.17) is 5.11 Å². The molecule has 2 N–H and O–H groups in total. The third kappa shape index (κ3) is 4.09. The molecule has 4 nitrogen and oxygen atoms in total. The van der Waals surface area contributed by atoms with Gasteiger partial charge in [-0.1, -0.05) is 12.1 Å². The maximum atomic E-state index is 11.4. The van der Waals surface area contributed by atoms with E-state index in [1.54, 1.807) is 0 Å². The number of aliphatic carboxylic acids is 1. The van der Waals surface area contributed by atoms with E-state index in [2.05, 4.69) is 11.4 Å². The SMILES string of the molecule is O=C(O)CCCCc1ccc2c(c1)CCCC(=O)N2. The number of benzene rings is 1. The molecule has 1 heterocycles. The highest BCUT2D eigenvalue weighted by molar-refractivity contribution is 5.92. The van der Waals surface area contributed by atoms with Gasteiger partial charge in [0.25, 0.3) is 0 Å². The largest absolute Gasteiger partial charge is 0.481 e. The van der Waals surface area contributed by atoms with Crippen molar-refractivity contribution < 1.29 is 14.7 Å². The molecule has 0 unspecified atom stereocenters. The minimum Gasteiger partial charge on any atom is -0.481 e. The Balaban J connectivity index is 1.94. The highest BCUT2D eigenvalue weighted by atomic mass is 16.4. The Morgan fingerprint density at radius 3 is 2.89 bits per heavy atom. The van der Waals surface area contributed by atoms with Gasteiger partial charge in [0.15, 0.2) is 0 Å². The number of aryl methyl sites for hydroxylation is 2. The monoisotopic (exact) mass is 261 g/mol. The molecule has 0 spiro atoms. The van der Waals surface area contributed by atoms with Crippen molar-refractivity contribution >= 4 is 17.6 Å². The summed E-state index contributed by atoms with van der Waals surface area (Å²) in [6.45, 7) is 0. The summed E-state index contributed by atoms with van der Waals surface area (Å²) in [6, 6.07) is 6.12. The van der Waals surface area contributed by atoms with Crippen molar-refractivity contribution in [3.63, 3.8) is 0 Å². The number of amides is 1. The summed E-state index contributed by atoms with van der Waals surface area (Å²) in [5.41, 5.74) is 3.35. The number of hydrogen-bond acceptors (Lipinski definition) is 2. The molecule has 0 radical (unpaired) electrons. The second-order valence-corrected chi connectivity index (χ2v) is 4.99. The van der Waals surface area contributed by atoms with Gasteiger partial charge in [-0.2, -0.15) is 0 Å². The third-order valence-electron chi connectivity index (χ3n) is 3.40. The molecule has 1 amide bonds. The minimum atomic E-state index is -0.732. The molecule has 1 aliphatic heterocycles. The summed E-state index contributed by atoms with van der Waals surface area (Å²) in [7, 11) is 0. The fourth-order valence-corrected chi connectivity index (χ4v) is 2.39. The van der Waals surface area contributed by atoms with Crippen LogP contribution in [0.4, 0.5) is 5.69 Å². The second-order valence-electron chi connectivity index (χ2n) is 4.99. The van der Waals surface area contributed by atoms with Gasteiger partial charge in [-0.25, -0.2) is 0 Å². The number of carbonyl (C=O) groups is 2. The first-order chi connectivity index (χ1) is 9.15. The third-order valence-corrected chi connectivity index (χ3v) is 3.40. The fraction of sp³-hybridized carbons (Fsp3) is 0.467.